The predicted molar refractivity (Wildman–Crippen MR) is 55.6 cm³/mol. The molecule has 14 heavy (non-hydrogen) atoms. The standard InChI is InChI=1S/C10H16N2O2/c1-2-12-9-6-10(8-11-7-9)14-5-3-4-13/h6-8,12-13H,2-5H2,1H3. The Morgan fingerprint density at radius 1 is 1.50 bits per heavy atom. The minimum absolute atomic E-state index is 0.153. The summed E-state index contributed by atoms with van der Waals surface area (Å²) in [6.07, 6.45) is 4.06. The molecule has 0 bridgehead atoms. The third-order valence-electron chi connectivity index (χ3n) is 1.67. The smallest absolute Gasteiger partial charge is 0.139 e. The Bertz CT molecular complexity index is 266. The molecule has 0 saturated carbocycles. The molecule has 0 fully saturated rings. The molecule has 0 atom stereocenters. The van der Waals surface area contributed by atoms with Crippen LogP contribution in [0.15, 0.2) is 18.5 Å². The molecular weight excluding hydrogens is 180 g/mol. The Morgan fingerprint density at radius 2 is 2.36 bits per heavy atom. The summed E-state index contributed by atoms with van der Waals surface area (Å²) >= 11 is 0. The van der Waals surface area contributed by atoms with Gasteiger partial charge in [0.05, 0.1) is 24.7 Å². The lowest BCUT2D eigenvalue weighted by molar-refractivity contribution is 0.233. The van der Waals surface area contributed by atoms with Gasteiger partial charge in [0.15, 0.2) is 0 Å². The van der Waals surface area contributed by atoms with Crippen LogP contribution in [-0.2, 0) is 0 Å². The van der Waals surface area contributed by atoms with Crippen molar-refractivity contribution < 1.29 is 9.84 Å². The molecule has 0 spiro atoms. The van der Waals surface area contributed by atoms with Crippen molar-refractivity contribution >= 4 is 5.69 Å². The highest BCUT2D eigenvalue weighted by Crippen LogP contribution is 2.14. The number of ether oxygens (including phenoxy) is 1. The first-order valence-corrected chi connectivity index (χ1v) is 4.79. The van der Waals surface area contributed by atoms with Crippen LogP contribution in [0.2, 0.25) is 0 Å². The second-order valence-electron chi connectivity index (χ2n) is 2.87. The molecule has 0 aliphatic heterocycles. The second kappa shape index (κ2) is 6.21. The summed E-state index contributed by atoms with van der Waals surface area (Å²) in [7, 11) is 0. The van der Waals surface area contributed by atoms with Crippen LogP contribution in [0.4, 0.5) is 5.69 Å². The van der Waals surface area contributed by atoms with Crippen molar-refractivity contribution in [2.45, 2.75) is 13.3 Å². The van der Waals surface area contributed by atoms with Crippen molar-refractivity contribution in [2.24, 2.45) is 0 Å². The maximum Gasteiger partial charge on any atom is 0.139 e. The van der Waals surface area contributed by atoms with E-state index < -0.39 is 0 Å². The van der Waals surface area contributed by atoms with E-state index in [1.807, 2.05) is 13.0 Å². The monoisotopic (exact) mass is 196 g/mol. The summed E-state index contributed by atoms with van der Waals surface area (Å²) in [4.78, 5) is 4.03. The molecule has 0 radical (unpaired) electrons. The molecule has 4 nitrogen and oxygen atoms in total. The summed E-state index contributed by atoms with van der Waals surface area (Å²) in [5.74, 6) is 0.733. The molecule has 1 rings (SSSR count). The molecule has 0 saturated heterocycles. The van der Waals surface area contributed by atoms with Crippen LogP contribution >= 0.6 is 0 Å². The van der Waals surface area contributed by atoms with E-state index in [4.69, 9.17) is 9.84 Å². The van der Waals surface area contributed by atoms with E-state index in [2.05, 4.69) is 10.3 Å². The molecular formula is C10H16N2O2. The fourth-order valence-electron chi connectivity index (χ4n) is 1.05. The molecule has 2 N–H and O–H groups in total. The van der Waals surface area contributed by atoms with Gasteiger partial charge in [-0.15, -0.1) is 0 Å². The maximum atomic E-state index is 8.58. The Morgan fingerprint density at radius 3 is 3.07 bits per heavy atom. The topological polar surface area (TPSA) is 54.4 Å². The van der Waals surface area contributed by atoms with Crippen LogP contribution in [0, 0.1) is 0 Å². The number of anilines is 1. The van der Waals surface area contributed by atoms with Crippen LogP contribution in [0.5, 0.6) is 5.75 Å². The van der Waals surface area contributed by atoms with E-state index in [0.717, 1.165) is 18.0 Å². The van der Waals surface area contributed by atoms with Crippen molar-refractivity contribution in [2.75, 3.05) is 25.1 Å². The first-order valence-electron chi connectivity index (χ1n) is 4.79. The van der Waals surface area contributed by atoms with Crippen LogP contribution in [-0.4, -0.2) is 29.8 Å². The van der Waals surface area contributed by atoms with Crippen LogP contribution in [0.1, 0.15) is 13.3 Å². The molecule has 0 aliphatic rings. The van der Waals surface area contributed by atoms with Gasteiger partial charge in [-0.3, -0.25) is 4.98 Å². The Labute approximate surface area is 83.9 Å². The van der Waals surface area contributed by atoms with E-state index >= 15 is 0 Å². The fraction of sp³-hybridized carbons (Fsp3) is 0.500. The lowest BCUT2D eigenvalue weighted by Crippen LogP contribution is -2.01. The molecule has 0 unspecified atom stereocenters. The van der Waals surface area contributed by atoms with E-state index in [1.165, 1.54) is 0 Å². The molecule has 1 heterocycles. The van der Waals surface area contributed by atoms with E-state index in [9.17, 15) is 0 Å². The van der Waals surface area contributed by atoms with Gasteiger partial charge >= 0.3 is 0 Å². The average molecular weight is 196 g/mol. The quantitative estimate of drug-likeness (QED) is 0.673. The number of pyridine rings is 1. The number of nitrogens with zero attached hydrogens (tertiary/aromatic N) is 1. The number of hydrogen-bond acceptors (Lipinski definition) is 4. The Balaban J connectivity index is 2.46. The summed E-state index contributed by atoms with van der Waals surface area (Å²) in [5.41, 5.74) is 0.953. The first-order chi connectivity index (χ1) is 6.86. The van der Waals surface area contributed by atoms with Gasteiger partial charge in [0, 0.05) is 25.6 Å². The van der Waals surface area contributed by atoms with Crippen molar-refractivity contribution in [1.29, 1.82) is 0 Å². The van der Waals surface area contributed by atoms with Gasteiger partial charge in [-0.25, -0.2) is 0 Å². The van der Waals surface area contributed by atoms with Crippen LogP contribution in [0.3, 0.4) is 0 Å². The van der Waals surface area contributed by atoms with Gasteiger partial charge in [0.2, 0.25) is 0 Å². The number of aliphatic hydroxyl groups excluding tert-OH is 1. The summed E-state index contributed by atoms with van der Waals surface area (Å²) in [5, 5.41) is 11.7. The zero-order valence-corrected chi connectivity index (χ0v) is 8.36. The average Bonchev–Trinajstić information content (AvgIpc) is 2.19. The molecule has 0 aromatic carbocycles. The zero-order valence-electron chi connectivity index (χ0n) is 8.36. The molecule has 1 aromatic rings. The van der Waals surface area contributed by atoms with E-state index in [-0.39, 0.29) is 6.61 Å². The van der Waals surface area contributed by atoms with Crippen molar-refractivity contribution in [1.82, 2.24) is 4.98 Å². The van der Waals surface area contributed by atoms with Crippen molar-refractivity contribution in [3.05, 3.63) is 18.5 Å². The Hall–Kier alpha value is -1.29. The largest absolute Gasteiger partial charge is 0.492 e. The third-order valence-corrected chi connectivity index (χ3v) is 1.67. The normalized spacial score (nSPS) is 9.86. The summed E-state index contributed by atoms with van der Waals surface area (Å²) < 4.78 is 5.37. The maximum absolute atomic E-state index is 8.58. The number of nitrogens with one attached hydrogen (secondary N) is 1. The molecule has 4 heteroatoms. The lowest BCUT2D eigenvalue weighted by Gasteiger charge is -2.07. The number of rotatable bonds is 6. The predicted octanol–water partition coefficient (Wildman–Crippen LogP) is 1.27. The summed E-state index contributed by atoms with van der Waals surface area (Å²) in [6, 6.07) is 1.90. The Kier molecular flexibility index (Phi) is 4.78. The molecule has 0 aliphatic carbocycles. The van der Waals surface area contributed by atoms with Gasteiger partial charge in [-0.2, -0.15) is 0 Å². The van der Waals surface area contributed by atoms with E-state index in [1.54, 1.807) is 12.4 Å². The van der Waals surface area contributed by atoms with Gasteiger partial charge in [0.1, 0.15) is 5.75 Å². The van der Waals surface area contributed by atoms with Crippen molar-refractivity contribution in [3.63, 3.8) is 0 Å². The highest BCUT2D eigenvalue weighted by atomic mass is 16.5. The van der Waals surface area contributed by atoms with E-state index in [0.29, 0.717) is 13.0 Å². The third kappa shape index (κ3) is 3.62. The van der Waals surface area contributed by atoms with Gasteiger partial charge in [-0.05, 0) is 6.92 Å². The molecule has 0 amide bonds. The highest BCUT2D eigenvalue weighted by Gasteiger charge is 1.96. The number of aromatic nitrogens is 1. The summed E-state index contributed by atoms with van der Waals surface area (Å²) in [6.45, 7) is 3.56. The molecule has 1 aromatic heterocycles. The second-order valence-corrected chi connectivity index (χ2v) is 2.87. The van der Waals surface area contributed by atoms with Gasteiger partial charge in [0.25, 0.3) is 0 Å². The minimum atomic E-state index is 0.153. The lowest BCUT2D eigenvalue weighted by atomic mass is 10.4. The number of hydrogen-bond donors (Lipinski definition) is 2. The van der Waals surface area contributed by atoms with Crippen LogP contribution in [0.25, 0.3) is 0 Å². The van der Waals surface area contributed by atoms with Gasteiger partial charge in [-0.1, -0.05) is 0 Å². The SMILES string of the molecule is CCNc1cncc(OCCCO)c1. The fourth-order valence-corrected chi connectivity index (χ4v) is 1.05. The first kappa shape index (κ1) is 10.8. The highest BCUT2D eigenvalue weighted by molar-refractivity contribution is 5.44. The van der Waals surface area contributed by atoms with Gasteiger partial charge < -0.3 is 15.2 Å². The number of aliphatic hydroxyl groups is 1. The van der Waals surface area contributed by atoms with Crippen molar-refractivity contribution in [3.8, 4) is 5.75 Å². The van der Waals surface area contributed by atoms with Crippen LogP contribution < -0.4 is 10.1 Å². The molecule has 78 valence electrons. The minimum Gasteiger partial charge on any atom is -0.492 e. The zero-order chi connectivity index (χ0) is 10.2.